The number of esters is 1. The molecule has 1 saturated carbocycles. The van der Waals surface area contributed by atoms with Crippen molar-refractivity contribution in [3.8, 4) is 0 Å². The lowest BCUT2D eigenvalue weighted by atomic mass is 9.64. The van der Waals surface area contributed by atoms with Crippen LogP contribution in [0.4, 0.5) is 5.69 Å². The maximum Gasteiger partial charge on any atom is 0.325 e. The van der Waals surface area contributed by atoms with E-state index in [9.17, 15) is 14.7 Å². The predicted molar refractivity (Wildman–Crippen MR) is 70.1 cm³/mol. The first-order valence-electron chi connectivity index (χ1n) is 6.23. The van der Waals surface area contributed by atoms with Crippen LogP contribution in [0.1, 0.15) is 24.8 Å². The van der Waals surface area contributed by atoms with Crippen LogP contribution >= 0.6 is 0 Å². The Hall–Kier alpha value is -2.04. The number of carbonyl (C=O) groups excluding carboxylic acids is 1. The quantitative estimate of drug-likeness (QED) is 0.792. The molecule has 5 heteroatoms. The molecule has 1 aromatic rings. The first kappa shape index (κ1) is 13.4. The number of carbonyl (C=O) groups is 2. The molecular formula is C14H17NO4. The Balaban J connectivity index is 2.06. The van der Waals surface area contributed by atoms with Crippen LogP contribution in [0.3, 0.4) is 0 Å². The molecule has 0 atom stereocenters. The summed E-state index contributed by atoms with van der Waals surface area (Å²) in [5, 5.41) is 12.3. The van der Waals surface area contributed by atoms with Gasteiger partial charge < -0.3 is 15.2 Å². The molecule has 1 aliphatic rings. The zero-order valence-electron chi connectivity index (χ0n) is 10.8. The van der Waals surface area contributed by atoms with Gasteiger partial charge in [-0.05, 0) is 30.5 Å². The van der Waals surface area contributed by atoms with Crippen LogP contribution < -0.4 is 5.32 Å². The van der Waals surface area contributed by atoms with Gasteiger partial charge >= 0.3 is 11.9 Å². The number of anilines is 1. The molecule has 5 nitrogen and oxygen atoms in total. The molecule has 0 unspecified atom stereocenters. The average Bonchev–Trinajstić information content (AvgIpc) is 2.35. The van der Waals surface area contributed by atoms with Crippen molar-refractivity contribution < 1.29 is 19.4 Å². The van der Waals surface area contributed by atoms with E-state index in [1.165, 1.54) is 7.11 Å². The van der Waals surface area contributed by atoms with Crippen molar-refractivity contribution in [3.63, 3.8) is 0 Å². The van der Waals surface area contributed by atoms with E-state index in [-0.39, 0.29) is 12.5 Å². The fourth-order valence-electron chi connectivity index (χ4n) is 2.31. The van der Waals surface area contributed by atoms with Gasteiger partial charge in [0.05, 0.1) is 12.5 Å². The summed E-state index contributed by atoms with van der Waals surface area (Å²) in [4.78, 5) is 22.4. The molecule has 0 radical (unpaired) electrons. The third-order valence-corrected chi connectivity index (χ3v) is 3.72. The van der Waals surface area contributed by atoms with E-state index < -0.39 is 11.4 Å². The summed E-state index contributed by atoms with van der Waals surface area (Å²) in [6, 6.07) is 7.21. The lowest BCUT2D eigenvalue weighted by Gasteiger charge is -2.38. The molecule has 102 valence electrons. The van der Waals surface area contributed by atoms with Gasteiger partial charge in [-0.25, -0.2) is 0 Å². The molecule has 2 N–H and O–H groups in total. The minimum Gasteiger partial charge on any atom is -0.481 e. The van der Waals surface area contributed by atoms with Crippen molar-refractivity contribution in [3.05, 3.63) is 29.8 Å². The Kier molecular flexibility index (Phi) is 3.74. The van der Waals surface area contributed by atoms with Crippen molar-refractivity contribution in [1.29, 1.82) is 0 Å². The fourth-order valence-corrected chi connectivity index (χ4v) is 2.31. The summed E-state index contributed by atoms with van der Waals surface area (Å²) in [5.41, 5.74) is 0.893. The Morgan fingerprint density at radius 2 is 1.95 bits per heavy atom. The molecule has 0 aliphatic heterocycles. The van der Waals surface area contributed by atoms with E-state index in [2.05, 4.69) is 10.1 Å². The standard InChI is InChI=1S/C14H17NO4/c1-19-12(16)9-15-11-5-3-10(4-6-11)14(13(17)18)7-2-8-14/h3-6,15H,2,7-9H2,1H3,(H,17,18). The number of carboxylic acids is 1. The van der Waals surface area contributed by atoms with Crippen molar-refractivity contribution in [2.24, 2.45) is 0 Å². The summed E-state index contributed by atoms with van der Waals surface area (Å²) in [6.07, 6.45) is 2.34. The topological polar surface area (TPSA) is 75.6 Å². The maximum atomic E-state index is 11.4. The predicted octanol–water partition coefficient (Wildman–Crippen LogP) is 1.78. The van der Waals surface area contributed by atoms with E-state index in [0.29, 0.717) is 12.8 Å². The Labute approximate surface area is 111 Å². The van der Waals surface area contributed by atoms with Crippen molar-refractivity contribution in [1.82, 2.24) is 0 Å². The summed E-state index contributed by atoms with van der Waals surface area (Å²) in [6.45, 7) is 0.0971. The third-order valence-electron chi connectivity index (χ3n) is 3.72. The molecule has 1 aliphatic carbocycles. The molecule has 1 aromatic carbocycles. The van der Waals surface area contributed by atoms with Gasteiger partial charge in [0.25, 0.3) is 0 Å². The summed E-state index contributed by atoms with van der Waals surface area (Å²) < 4.78 is 4.53. The molecular weight excluding hydrogens is 246 g/mol. The number of hydrogen-bond donors (Lipinski definition) is 2. The molecule has 0 heterocycles. The van der Waals surface area contributed by atoms with Crippen LogP contribution in [0, 0.1) is 0 Å². The van der Waals surface area contributed by atoms with Gasteiger partial charge in [0, 0.05) is 5.69 Å². The molecule has 0 amide bonds. The summed E-state index contributed by atoms with van der Waals surface area (Å²) in [5.74, 6) is -1.10. The smallest absolute Gasteiger partial charge is 0.325 e. The number of carboxylic acid groups (broad SMARTS) is 1. The first-order valence-corrected chi connectivity index (χ1v) is 6.23. The third kappa shape index (κ3) is 2.54. The number of methoxy groups -OCH3 is 1. The van der Waals surface area contributed by atoms with Crippen LogP contribution in [0.15, 0.2) is 24.3 Å². The normalized spacial score (nSPS) is 16.3. The number of rotatable bonds is 5. The zero-order chi connectivity index (χ0) is 13.9. The number of nitrogens with one attached hydrogen (secondary N) is 1. The highest BCUT2D eigenvalue weighted by Crippen LogP contribution is 2.44. The molecule has 0 aromatic heterocycles. The van der Waals surface area contributed by atoms with Gasteiger partial charge in [-0.3, -0.25) is 9.59 Å². The number of benzene rings is 1. The summed E-state index contributed by atoms with van der Waals surface area (Å²) in [7, 11) is 1.33. The van der Waals surface area contributed by atoms with Crippen molar-refractivity contribution >= 4 is 17.6 Å². The number of hydrogen-bond acceptors (Lipinski definition) is 4. The van der Waals surface area contributed by atoms with Gasteiger partial charge in [-0.2, -0.15) is 0 Å². The zero-order valence-corrected chi connectivity index (χ0v) is 10.8. The minimum atomic E-state index is -0.756. The van der Waals surface area contributed by atoms with Crippen LogP contribution in [0.25, 0.3) is 0 Å². The van der Waals surface area contributed by atoms with Crippen LogP contribution in [0.2, 0.25) is 0 Å². The molecule has 0 spiro atoms. The second kappa shape index (κ2) is 5.30. The Morgan fingerprint density at radius 3 is 2.37 bits per heavy atom. The monoisotopic (exact) mass is 263 g/mol. The van der Waals surface area contributed by atoms with Crippen LogP contribution in [-0.4, -0.2) is 30.7 Å². The van der Waals surface area contributed by atoms with Crippen LogP contribution in [-0.2, 0) is 19.7 Å². The second-order valence-electron chi connectivity index (χ2n) is 4.75. The SMILES string of the molecule is COC(=O)CNc1ccc(C2(C(=O)O)CCC2)cc1. The van der Waals surface area contributed by atoms with Crippen molar-refractivity contribution in [2.75, 3.05) is 19.0 Å². The first-order chi connectivity index (χ1) is 9.08. The molecule has 1 fully saturated rings. The minimum absolute atomic E-state index is 0.0971. The highest BCUT2D eigenvalue weighted by atomic mass is 16.5. The van der Waals surface area contributed by atoms with Gasteiger partial charge in [0.1, 0.15) is 6.54 Å². The molecule has 2 rings (SSSR count). The fraction of sp³-hybridized carbons (Fsp3) is 0.429. The molecule has 0 saturated heterocycles. The van der Waals surface area contributed by atoms with Gasteiger partial charge in [0.2, 0.25) is 0 Å². The van der Waals surface area contributed by atoms with Gasteiger partial charge in [-0.15, -0.1) is 0 Å². The van der Waals surface area contributed by atoms with E-state index in [4.69, 9.17) is 0 Å². The van der Waals surface area contributed by atoms with Gasteiger partial charge in [-0.1, -0.05) is 18.6 Å². The van der Waals surface area contributed by atoms with Crippen molar-refractivity contribution in [2.45, 2.75) is 24.7 Å². The maximum absolute atomic E-state index is 11.4. The number of aliphatic carboxylic acids is 1. The largest absolute Gasteiger partial charge is 0.481 e. The van der Waals surface area contributed by atoms with E-state index >= 15 is 0 Å². The second-order valence-corrected chi connectivity index (χ2v) is 4.75. The lowest BCUT2D eigenvalue weighted by Crippen LogP contribution is -2.42. The summed E-state index contributed by atoms with van der Waals surface area (Å²) >= 11 is 0. The van der Waals surface area contributed by atoms with E-state index in [0.717, 1.165) is 17.7 Å². The molecule has 0 bridgehead atoms. The average molecular weight is 263 g/mol. The highest BCUT2D eigenvalue weighted by Gasteiger charge is 2.45. The Bertz CT molecular complexity index is 477. The van der Waals surface area contributed by atoms with E-state index in [1.54, 1.807) is 12.1 Å². The Morgan fingerprint density at radius 1 is 1.32 bits per heavy atom. The highest BCUT2D eigenvalue weighted by molar-refractivity contribution is 5.83. The van der Waals surface area contributed by atoms with E-state index in [1.807, 2.05) is 12.1 Å². The van der Waals surface area contributed by atoms with Crippen LogP contribution in [0.5, 0.6) is 0 Å². The van der Waals surface area contributed by atoms with Gasteiger partial charge in [0.15, 0.2) is 0 Å². The molecule has 19 heavy (non-hydrogen) atoms. The number of ether oxygens (including phenoxy) is 1. The lowest BCUT2D eigenvalue weighted by molar-refractivity contribution is -0.147.